The highest BCUT2D eigenvalue weighted by Gasteiger charge is 2.01. The maximum Gasteiger partial charge on any atom is 0.305 e. The van der Waals surface area contributed by atoms with Crippen LogP contribution in [0.15, 0.2) is 11.4 Å². The maximum atomic E-state index is 11.1. The molecule has 0 N–H and O–H groups in total. The van der Waals surface area contributed by atoms with Gasteiger partial charge in [-0.25, -0.2) is 0 Å². The number of ether oxygens (including phenoxy) is 1. The van der Waals surface area contributed by atoms with Crippen molar-refractivity contribution in [1.82, 2.24) is 0 Å². The zero-order valence-corrected chi connectivity index (χ0v) is 10.9. The lowest BCUT2D eigenvalue weighted by atomic mass is 10.1. The fourth-order valence-electron chi connectivity index (χ4n) is 1.64. The summed E-state index contributed by atoms with van der Waals surface area (Å²) in [5.41, 5.74) is 1.43. The predicted octanol–water partition coefficient (Wildman–Crippen LogP) is 3.72. The first-order valence-corrected chi connectivity index (χ1v) is 6.80. The first-order chi connectivity index (χ1) is 7.72. The maximum absolute atomic E-state index is 11.1. The number of hydrogen-bond donors (Lipinski definition) is 0. The van der Waals surface area contributed by atoms with Gasteiger partial charge >= 0.3 is 5.97 Å². The van der Waals surface area contributed by atoms with E-state index in [0.29, 0.717) is 13.0 Å². The summed E-state index contributed by atoms with van der Waals surface area (Å²) < 4.78 is 4.87. The molecule has 0 fully saturated rings. The molecular weight excluding hydrogens is 220 g/mol. The van der Waals surface area contributed by atoms with E-state index in [9.17, 15) is 4.79 Å². The van der Waals surface area contributed by atoms with E-state index in [2.05, 4.69) is 18.4 Å². The normalized spacial score (nSPS) is 10.4. The van der Waals surface area contributed by atoms with E-state index < -0.39 is 0 Å². The van der Waals surface area contributed by atoms with Gasteiger partial charge in [0.15, 0.2) is 0 Å². The van der Waals surface area contributed by atoms with Crippen LogP contribution in [0.5, 0.6) is 0 Å². The summed E-state index contributed by atoms with van der Waals surface area (Å²) in [5, 5.41) is 2.22. The van der Waals surface area contributed by atoms with Gasteiger partial charge in [0.1, 0.15) is 0 Å². The van der Waals surface area contributed by atoms with Crippen molar-refractivity contribution in [1.29, 1.82) is 0 Å². The minimum Gasteiger partial charge on any atom is -0.466 e. The van der Waals surface area contributed by atoms with E-state index in [4.69, 9.17) is 4.74 Å². The third kappa shape index (κ3) is 5.31. The van der Waals surface area contributed by atoms with Gasteiger partial charge in [0, 0.05) is 11.3 Å². The fraction of sp³-hybridized carbons (Fsp3) is 0.615. The smallest absolute Gasteiger partial charge is 0.305 e. The minimum absolute atomic E-state index is 0.0612. The summed E-state index contributed by atoms with van der Waals surface area (Å²) in [4.78, 5) is 12.4. The van der Waals surface area contributed by atoms with E-state index >= 15 is 0 Å². The second kappa shape index (κ2) is 7.44. The number of thiophene rings is 1. The Hall–Kier alpha value is -0.830. The van der Waals surface area contributed by atoms with Crippen LogP contribution in [0.3, 0.4) is 0 Å². The van der Waals surface area contributed by atoms with Crippen molar-refractivity contribution in [3.63, 3.8) is 0 Å². The predicted molar refractivity (Wildman–Crippen MR) is 67.9 cm³/mol. The van der Waals surface area contributed by atoms with Crippen LogP contribution in [0.1, 0.15) is 43.0 Å². The molecule has 0 spiro atoms. The fourth-order valence-corrected chi connectivity index (χ4v) is 2.38. The Labute approximate surface area is 102 Å². The van der Waals surface area contributed by atoms with E-state index in [1.54, 1.807) is 11.3 Å². The van der Waals surface area contributed by atoms with Crippen LogP contribution in [0.2, 0.25) is 0 Å². The second-order valence-corrected chi connectivity index (χ2v) is 5.05. The van der Waals surface area contributed by atoms with Gasteiger partial charge in [-0.2, -0.15) is 0 Å². The lowest BCUT2D eigenvalue weighted by Gasteiger charge is -2.01. The van der Waals surface area contributed by atoms with Gasteiger partial charge in [0.05, 0.1) is 6.61 Å². The molecule has 0 saturated heterocycles. The number of carbonyl (C=O) groups excluding carboxylic acids is 1. The molecule has 16 heavy (non-hydrogen) atoms. The lowest BCUT2D eigenvalue weighted by Crippen LogP contribution is -2.03. The summed E-state index contributed by atoms with van der Waals surface area (Å²) in [6, 6.07) is 2.25. The molecule has 0 saturated carbocycles. The van der Waals surface area contributed by atoms with Gasteiger partial charge in [0.25, 0.3) is 0 Å². The van der Waals surface area contributed by atoms with E-state index in [0.717, 1.165) is 25.7 Å². The number of hydrogen-bond acceptors (Lipinski definition) is 3. The number of aryl methyl sites for hydroxylation is 2. The Balaban J connectivity index is 2.02. The van der Waals surface area contributed by atoms with Gasteiger partial charge in [-0.15, -0.1) is 11.3 Å². The number of carbonyl (C=O) groups is 1. The van der Waals surface area contributed by atoms with E-state index in [1.807, 2.05) is 6.92 Å². The highest BCUT2D eigenvalue weighted by molar-refractivity contribution is 7.10. The van der Waals surface area contributed by atoms with Crippen molar-refractivity contribution >= 4 is 17.3 Å². The Morgan fingerprint density at radius 2 is 2.19 bits per heavy atom. The van der Waals surface area contributed by atoms with Gasteiger partial charge in [-0.3, -0.25) is 4.79 Å². The molecule has 1 heterocycles. The van der Waals surface area contributed by atoms with Crippen LogP contribution < -0.4 is 0 Å². The van der Waals surface area contributed by atoms with Gasteiger partial charge in [0.2, 0.25) is 0 Å². The molecule has 1 aromatic heterocycles. The molecule has 90 valence electrons. The highest BCUT2D eigenvalue weighted by Crippen LogP contribution is 2.16. The number of rotatable bonds is 7. The SMILES string of the molecule is CCOC(=O)CCCCCc1csc(C)c1. The zero-order valence-electron chi connectivity index (χ0n) is 10.1. The summed E-state index contributed by atoms with van der Waals surface area (Å²) >= 11 is 1.81. The molecule has 0 aromatic carbocycles. The molecule has 0 unspecified atom stereocenters. The Morgan fingerprint density at radius 1 is 1.38 bits per heavy atom. The first-order valence-electron chi connectivity index (χ1n) is 5.92. The van der Waals surface area contributed by atoms with Gasteiger partial charge in [-0.1, -0.05) is 6.42 Å². The molecule has 0 bridgehead atoms. The van der Waals surface area contributed by atoms with Crippen LogP contribution in [0, 0.1) is 6.92 Å². The number of esters is 1. The van der Waals surface area contributed by atoms with Crippen LogP contribution >= 0.6 is 11.3 Å². The average Bonchev–Trinajstić information content (AvgIpc) is 2.64. The number of unbranched alkanes of at least 4 members (excludes halogenated alkanes) is 2. The Morgan fingerprint density at radius 3 is 2.81 bits per heavy atom. The van der Waals surface area contributed by atoms with Crippen molar-refractivity contribution in [2.45, 2.75) is 46.0 Å². The van der Waals surface area contributed by atoms with Crippen LogP contribution in [0.4, 0.5) is 0 Å². The third-order valence-corrected chi connectivity index (χ3v) is 3.35. The lowest BCUT2D eigenvalue weighted by molar-refractivity contribution is -0.143. The van der Waals surface area contributed by atoms with Gasteiger partial charge in [-0.05, 0) is 50.1 Å². The molecule has 2 nitrogen and oxygen atoms in total. The van der Waals surface area contributed by atoms with Crippen molar-refractivity contribution in [3.05, 3.63) is 21.9 Å². The Kier molecular flexibility index (Phi) is 6.16. The molecule has 0 radical (unpaired) electrons. The van der Waals surface area contributed by atoms with Crippen molar-refractivity contribution < 1.29 is 9.53 Å². The van der Waals surface area contributed by atoms with Gasteiger partial charge < -0.3 is 4.74 Å². The minimum atomic E-state index is -0.0612. The van der Waals surface area contributed by atoms with Crippen molar-refractivity contribution in [2.24, 2.45) is 0 Å². The molecule has 0 aliphatic heterocycles. The molecule has 1 rings (SSSR count). The largest absolute Gasteiger partial charge is 0.466 e. The topological polar surface area (TPSA) is 26.3 Å². The summed E-state index contributed by atoms with van der Waals surface area (Å²) in [7, 11) is 0. The van der Waals surface area contributed by atoms with Crippen molar-refractivity contribution in [2.75, 3.05) is 6.61 Å². The summed E-state index contributed by atoms with van der Waals surface area (Å²) in [5.74, 6) is -0.0612. The molecule has 0 aliphatic carbocycles. The quantitative estimate of drug-likeness (QED) is 0.536. The van der Waals surface area contributed by atoms with Crippen molar-refractivity contribution in [3.8, 4) is 0 Å². The standard InChI is InChI=1S/C13H20O2S/c1-3-15-13(14)8-6-4-5-7-12-9-11(2)16-10-12/h9-10H,3-8H2,1-2H3. The molecule has 0 atom stereocenters. The van der Waals surface area contributed by atoms with Crippen LogP contribution in [0.25, 0.3) is 0 Å². The zero-order chi connectivity index (χ0) is 11.8. The highest BCUT2D eigenvalue weighted by atomic mass is 32.1. The Bertz CT molecular complexity index is 317. The van der Waals surface area contributed by atoms with E-state index in [1.165, 1.54) is 10.4 Å². The monoisotopic (exact) mass is 240 g/mol. The molecule has 0 aliphatic rings. The molecule has 0 amide bonds. The van der Waals surface area contributed by atoms with Crippen LogP contribution in [-0.2, 0) is 16.0 Å². The summed E-state index contributed by atoms with van der Waals surface area (Å²) in [6.07, 6.45) is 4.91. The molecule has 1 aromatic rings. The molecule has 3 heteroatoms. The second-order valence-electron chi connectivity index (χ2n) is 3.93. The first kappa shape index (κ1) is 13.2. The third-order valence-electron chi connectivity index (χ3n) is 2.44. The molecular formula is C13H20O2S. The van der Waals surface area contributed by atoms with Crippen LogP contribution in [-0.4, -0.2) is 12.6 Å². The van der Waals surface area contributed by atoms with E-state index in [-0.39, 0.29) is 5.97 Å². The summed E-state index contributed by atoms with van der Waals surface area (Å²) in [6.45, 7) is 4.47. The average molecular weight is 240 g/mol.